The molecule has 0 aliphatic heterocycles. The van der Waals surface area contributed by atoms with Gasteiger partial charge in [-0.15, -0.1) is 0 Å². The number of aryl methyl sites for hydroxylation is 1. The molecular formula is C20H19ClN4O3. The number of amides is 1. The number of nitrogens with one attached hydrogen (secondary N) is 1. The zero-order valence-corrected chi connectivity index (χ0v) is 16.2. The molecule has 2 heterocycles. The molecule has 0 atom stereocenters. The summed E-state index contributed by atoms with van der Waals surface area (Å²) in [5, 5.41) is 7.48. The van der Waals surface area contributed by atoms with E-state index in [2.05, 4.69) is 15.4 Å². The highest BCUT2D eigenvalue weighted by Gasteiger charge is 2.12. The summed E-state index contributed by atoms with van der Waals surface area (Å²) in [5.41, 5.74) is 2.10. The summed E-state index contributed by atoms with van der Waals surface area (Å²) in [4.78, 5) is 29.4. The van der Waals surface area contributed by atoms with E-state index in [9.17, 15) is 9.59 Å². The first kappa shape index (κ1) is 19.6. The number of halogens is 1. The lowest BCUT2D eigenvalue weighted by atomic mass is 10.1. The molecule has 3 rings (SSSR count). The first-order valence-electron chi connectivity index (χ1n) is 8.57. The Morgan fingerprint density at radius 3 is 2.68 bits per heavy atom. The molecule has 0 aliphatic carbocycles. The fourth-order valence-electron chi connectivity index (χ4n) is 2.71. The molecule has 2 aromatic heterocycles. The van der Waals surface area contributed by atoms with Gasteiger partial charge in [0.1, 0.15) is 6.54 Å². The van der Waals surface area contributed by atoms with E-state index in [0.29, 0.717) is 40.0 Å². The van der Waals surface area contributed by atoms with E-state index >= 15 is 0 Å². The number of methoxy groups -OCH3 is 1. The van der Waals surface area contributed by atoms with Crippen LogP contribution < -0.4 is 15.6 Å². The molecule has 0 spiro atoms. The Bertz CT molecular complexity index is 1050. The highest BCUT2D eigenvalue weighted by atomic mass is 35.5. The van der Waals surface area contributed by atoms with E-state index in [1.165, 1.54) is 7.11 Å². The van der Waals surface area contributed by atoms with Crippen LogP contribution in [0, 0.1) is 6.92 Å². The topological polar surface area (TPSA) is 86.1 Å². The predicted octanol–water partition coefficient (Wildman–Crippen LogP) is 2.84. The lowest BCUT2D eigenvalue weighted by molar-refractivity contribution is -0.117. The SMILES string of the molecule is COc1cccc(Cc2cc(C)nn(CC(=O)Nc3ccc(Cl)cc3)c2=O)n1. The summed E-state index contributed by atoms with van der Waals surface area (Å²) in [6.45, 7) is 1.58. The van der Waals surface area contributed by atoms with Crippen LogP contribution in [0.15, 0.2) is 53.3 Å². The summed E-state index contributed by atoms with van der Waals surface area (Å²) in [7, 11) is 1.54. The lowest BCUT2D eigenvalue weighted by Crippen LogP contribution is -2.32. The summed E-state index contributed by atoms with van der Waals surface area (Å²) in [6.07, 6.45) is 0.318. The Labute approximate surface area is 166 Å². The van der Waals surface area contributed by atoms with Crippen LogP contribution >= 0.6 is 11.6 Å². The molecule has 0 saturated carbocycles. The van der Waals surface area contributed by atoms with Gasteiger partial charge in [0.25, 0.3) is 5.56 Å². The van der Waals surface area contributed by atoms with Gasteiger partial charge in [-0.3, -0.25) is 9.59 Å². The molecule has 0 radical (unpaired) electrons. The van der Waals surface area contributed by atoms with Crippen molar-refractivity contribution in [3.63, 3.8) is 0 Å². The van der Waals surface area contributed by atoms with Gasteiger partial charge in [0.05, 0.1) is 12.8 Å². The van der Waals surface area contributed by atoms with Crippen molar-refractivity contribution in [2.75, 3.05) is 12.4 Å². The Hall–Kier alpha value is -3.19. The number of hydrogen-bond acceptors (Lipinski definition) is 5. The summed E-state index contributed by atoms with van der Waals surface area (Å²) >= 11 is 5.84. The molecule has 1 amide bonds. The average Bonchev–Trinajstić information content (AvgIpc) is 2.67. The van der Waals surface area contributed by atoms with Crippen molar-refractivity contribution in [3.8, 4) is 5.88 Å². The third-order valence-corrected chi connectivity index (χ3v) is 4.21. The first-order valence-corrected chi connectivity index (χ1v) is 8.95. The van der Waals surface area contributed by atoms with Crippen molar-refractivity contribution >= 4 is 23.2 Å². The van der Waals surface area contributed by atoms with Crippen molar-refractivity contribution in [2.24, 2.45) is 0 Å². The molecule has 28 heavy (non-hydrogen) atoms. The van der Waals surface area contributed by atoms with Gasteiger partial charge in [-0.05, 0) is 43.3 Å². The summed E-state index contributed by atoms with van der Waals surface area (Å²) in [6, 6.07) is 13.8. The van der Waals surface area contributed by atoms with Crippen LogP contribution in [0.4, 0.5) is 5.69 Å². The third kappa shape index (κ3) is 4.95. The molecule has 3 aromatic rings. The van der Waals surface area contributed by atoms with Gasteiger partial charge in [-0.25, -0.2) is 9.67 Å². The van der Waals surface area contributed by atoms with Gasteiger partial charge < -0.3 is 10.1 Å². The van der Waals surface area contributed by atoms with Crippen LogP contribution in [0.25, 0.3) is 0 Å². The quantitative estimate of drug-likeness (QED) is 0.690. The number of nitrogens with zero attached hydrogens (tertiary/aromatic N) is 3. The van der Waals surface area contributed by atoms with E-state index in [-0.39, 0.29) is 18.0 Å². The Kier molecular flexibility index (Phi) is 6.06. The maximum absolute atomic E-state index is 12.8. The van der Waals surface area contributed by atoms with Crippen LogP contribution in [0.1, 0.15) is 17.0 Å². The van der Waals surface area contributed by atoms with Crippen molar-refractivity contribution in [3.05, 3.63) is 80.9 Å². The Morgan fingerprint density at radius 2 is 1.96 bits per heavy atom. The van der Waals surface area contributed by atoms with Crippen molar-refractivity contribution in [1.82, 2.24) is 14.8 Å². The molecule has 1 N–H and O–H groups in total. The average molecular weight is 399 g/mol. The molecule has 0 fully saturated rings. The Morgan fingerprint density at radius 1 is 1.21 bits per heavy atom. The van der Waals surface area contributed by atoms with Crippen LogP contribution in [0.5, 0.6) is 5.88 Å². The highest BCUT2D eigenvalue weighted by Crippen LogP contribution is 2.13. The maximum Gasteiger partial charge on any atom is 0.270 e. The zero-order valence-electron chi connectivity index (χ0n) is 15.5. The van der Waals surface area contributed by atoms with Gasteiger partial charge in [0.2, 0.25) is 11.8 Å². The van der Waals surface area contributed by atoms with Gasteiger partial charge in [0.15, 0.2) is 0 Å². The number of anilines is 1. The number of aromatic nitrogens is 3. The van der Waals surface area contributed by atoms with Crippen LogP contribution in [-0.2, 0) is 17.8 Å². The number of ether oxygens (including phenoxy) is 1. The number of benzene rings is 1. The normalized spacial score (nSPS) is 10.5. The van der Waals surface area contributed by atoms with Gasteiger partial charge in [0, 0.05) is 34.5 Å². The minimum Gasteiger partial charge on any atom is -0.481 e. The molecule has 7 nitrogen and oxygen atoms in total. The lowest BCUT2D eigenvalue weighted by Gasteiger charge is -2.10. The fraction of sp³-hybridized carbons (Fsp3) is 0.200. The number of hydrogen-bond donors (Lipinski definition) is 1. The van der Waals surface area contributed by atoms with Gasteiger partial charge >= 0.3 is 0 Å². The molecule has 0 unspecified atom stereocenters. The third-order valence-electron chi connectivity index (χ3n) is 3.95. The fourth-order valence-corrected chi connectivity index (χ4v) is 2.84. The van der Waals surface area contributed by atoms with E-state index in [1.54, 1.807) is 43.3 Å². The van der Waals surface area contributed by atoms with Crippen molar-refractivity contribution < 1.29 is 9.53 Å². The smallest absolute Gasteiger partial charge is 0.270 e. The van der Waals surface area contributed by atoms with Crippen LogP contribution in [0.2, 0.25) is 5.02 Å². The Balaban J connectivity index is 1.79. The molecule has 8 heteroatoms. The van der Waals surface area contributed by atoms with E-state index < -0.39 is 0 Å². The van der Waals surface area contributed by atoms with E-state index in [4.69, 9.17) is 16.3 Å². The van der Waals surface area contributed by atoms with Gasteiger partial charge in [-0.2, -0.15) is 5.10 Å². The predicted molar refractivity (Wildman–Crippen MR) is 107 cm³/mol. The zero-order chi connectivity index (χ0) is 20.1. The van der Waals surface area contributed by atoms with Crippen LogP contribution in [0.3, 0.4) is 0 Å². The maximum atomic E-state index is 12.8. The highest BCUT2D eigenvalue weighted by molar-refractivity contribution is 6.30. The standard InChI is InChI=1S/C20H19ClN4O3/c1-13-10-14(11-17-4-3-5-19(23-17)28-2)20(27)25(24-13)12-18(26)22-16-8-6-15(21)7-9-16/h3-10H,11-12H2,1-2H3,(H,22,26). The van der Waals surface area contributed by atoms with E-state index in [0.717, 1.165) is 4.68 Å². The number of carbonyl (C=O) groups is 1. The largest absolute Gasteiger partial charge is 0.481 e. The number of carbonyl (C=O) groups excluding carboxylic acids is 1. The summed E-state index contributed by atoms with van der Waals surface area (Å²) in [5.74, 6) is 0.124. The second-order valence-electron chi connectivity index (χ2n) is 6.18. The van der Waals surface area contributed by atoms with Gasteiger partial charge in [-0.1, -0.05) is 17.7 Å². The molecule has 0 aliphatic rings. The number of pyridine rings is 1. The van der Waals surface area contributed by atoms with Crippen molar-refractivity contribution in [1.29, 1.82) is 0 Å². The van der Waals surface area contributed by atoms with Crippen LogP contribution in [-0.4, -0.2) is 27.8 Å². The molecule has 0 saturated heterocycles. The minimum atomic E-state index is -0.354. The molecule has 1 aromatic carbocycles. The molecular weight excluding hydrogens is 380 g/mol. The molecule has 0 bridgehead atoms. The second-order valence-corrected chi connectivity index (χ2v) is 6.61. The number of rotatable bonds is 6. The van der Waals surface area contributed by atoms with E-state index in [1.807, 2.05) is 12.1 Å². The second kappa shape index (κ2) is 8.67. The first-order chi connectivity index (χ1) is 13.4. The monoisotopic (exact) mass is 398 g/mol. The minimum absolute atomic E-state index is 0.193. The molecule has 144 valence electrons. The summed E-state index contributed by atoms with van der Waals surface area (Å²) < 4.78 is 6.28. The van der Waals surface area contributed by atoms with Crippen molar-refractivity contribution in [2.45, 2.75) is 19.9 Å².